The highest BCUT2D eigenvalue weighted by Gasteiger charge is 2.36. The molecular formula is C22H25FN2O2. The van der Waals surface area contributed by atoms with Gasteiger partial charge in [0.15, 0.2) is 0 Å². The first-order valence-electron chi connectivity index (χ1n) is 9.53. The third-order valence-corrected chi connectivity index (χ3v) is 5.85. The zero-order valence-corrected chi connectivity index (χ0v) is 15.5. The lowest BCUT2D eigenvalue weighted by Crippen LogP contribution is -2.45. The summed E-state index contributed by atoms with van der Waals surface area (Å²) >= 11 is 0. The Balaban J connectivity index is 1.57. The second-order valence-corrected chi connectivity index (χ2v) is 7.46. The number of rotatable bonds is 4. The van der Waals surface area contributed by atoms with Crippen LogP contribution in [0, 0.1) is 0 Å². The fourth-order valence-corrected chi connectivity index (χ4v) is 4.37. The molecule has 0 aromatic heterocycles. The van der Waals surface area contributed by atoms with Gasteiger partial charge in [-0.15, -0.1) is 0 Å². The standard InChI is InChI=1S/C22H25FN2O2/c1-27-20-5-3-2-4-18(20)15-6-8-17-14(12-15)7-9-19(17)21(24)22(26)25-11-10-16(23)13-25/h2-6,8,12,16,19,21H,7,9-11,13,24H2,1H3/t16-,19-,21-/m0/s1. The number of nitrogens with zero attached hydrogens (tertiary/aromatic N) is 1. The van der Waals surface area contributed by atoms with E-state index in [9.17, 15) is 9.18 Å². The monoisotopic (exact) mass is 368 g/mol. The summed E-state index contributed by atoms with van der Waals surface area (Å²) in [5.74, 6) is 0.716. The van der Waals surface area contributed by atoms with Crippen LogP contribution in [0.5, 0.6) is 5.75 Å². The van der Waals surface area contributed by atoms with Crippen LogP contribution < -0.4 is 10.5 Å². The molecule has 1 aliphatic heterocycles. The first-order valence-corrected chi connectivity index (χ1v) is 9.53. The molecule has 0 bridgehead atoms. The van der Waals surface area contributed by atoms with Crippen LogP contribution in [0.25, 0.3) is 11.1 Å². The number of carbonyl (C=O) groups is 1. The first-order chi connectivity index (χ1) is 13.1. The molecule has 0 saturated carbocycles. The van der Waals surface area contributed by atoms with E-state index in [4.69, 9.17) is 10.5 Å². The molecule has 1 fully saturated rings. The number of hydrogen-bond donors (Lipinski definition) is 1. The number of likely N-dealkylation sites (tertiary alicyclic amines) is 1. The Morgan fingerprint density at radius 1 is 1.26 bits per heavy atom. The Morgan fingerprint density at radius 2 is 2.07 bits per heavy atom. The van der Waals surface area contributed by atoms with E-state index in [2.05, 4.69) is 18.2 Å². The first kappa shape index (κ1) is 18.0. The Kier molecular flexibility index (Phi) is 4.87. The summed E-state index contributed by atoms with van der Waals surface area (Å²) in [6, 6.07) is 13.7. The van der Waals surface area contributed by atoms with E-state index in [0.29, 0.717) is 13.0 Å². The van der Waals surface area contributed by atoms with Crippen molar-refractivity contribution in [1.29, 1.82) is 0 Å². The number of halogens is 1. The zero-order valence-electron chi connectivity index (χ0n) is 15.5. The molecule has 0 unspecified atom stereocenters. The number of ether oxygens (including phenoxy) is 1. The second-order valence-electron chi connectivity index (χ2n) is 7.46. The lowest BCUT2D eigenvalue weighted by molar-refractivity contribution is -0.132. The van der Waals surface area contributed by atoms with Crippen LogP contribution in [0.2, 0.25) is 0 Å². The van der Waals surface area contributed by atoms with Gasteiger partial charge in [0.25, 0.3) is 0 Å². The van der Waals surface area contributed by atoms with Gasteiger partial charge in [0.1, 0.15) is 11.9 Å². The molecule has 27 heavy (non-hydrogen) atoms. The average Bonchev–Trinajstić information content (AvgIpc) is 3.32. The van der Waals surface area contributed by atoms with E-state index in [1.54, 1.807) is 12.0 Å². The van der Waals surface area contributed by atoms with E-state index < -0.39 is 12.2 Å². The summed E-state index contributed by atoms with van der Waals surface area (Å²) in [7, 11) is 1.67. The molecule has 2 N–H and O–H groups in total. The molecular weight excluding hydrogens is 343 g/mol. The Morgan fingerprint density at radius 3 is 2.81 bits per heavy atom. The van der Waals surface area contributed by atoms with Crippen LogP contribution in [-0.4, -0.2) is 43.2 Å². The summed E-state index contributed by atoms with van der Waals surface area (Å²) in [4.78, 5) is 14.3. The van der Waals surface area contributed by atoms with E-state index in [-0.39, 0.29) is 18.4 Å². The van der Waals surface area contributed by atoms with E-state index in [0.717, 1.165) is 35.3 Å². The summed E-state index contributed by atoms with van der Waals surface area (Å²) in [6.45, 7) is 0.652. The van der Waals surface area contributed by atoms with Gasteiger partial charge in [0.2, 0.25) is 5.91 Å². The number of amides is 1. The largest absolute Gasteiger partial charge is 0.496 e. The van der Waals surface area contributed by atoms with E-state index >= 15 is 0 Å². The number of alkyl halides is 1. The lowest BCUT2D eigenvalue weighted by atomic mass is 9.91. The van der Waals surface area contributed by atoms with Crippen molar-refractivity contribution in [3.05, 3.63) is 53.6 Å². The minimum absolute atomic E-state index is 0.00196. The second kappa shape index (κ2) is 7.31. The number of nitrogens with two attached hydrogens (primary N) is 1. The van der Waals surface area contributed by atoms with Crippen molar-refractivity contribution < 1.29 is 13.9 Å². The smallest absolute Gasteiger partial charge is 0.240 e. The van der Waals surface area contributed by atoms with Gasteiger partial charge in [-0.3, -0.25) is 4.79 Å². The molecule has 1 amide bonds. The van der Waals surface area contributed by atoms with Gasteiger partial charge in [-0.1, -0.05) is 36.4 Å². The Labute approximate surface area is 159 Å². The van der Waals surface area contributed by atoms with Gasteiger partial charge in [0, 0.05) is 18.0 Å². The number of fused-ring (bicyclic) bond motifs is 1. The summed E-state index contributed by atoms with van der Waals surface area (Å²) in [5, 5.41) is 0. The predicted octanol–water partition coefficient (Wildman–Crippen LogP) is 3.29. The maximum atomic E-state index is 13.4. The molecule has 1 saturated heterocycles. The van der Waals surface area contributed by atoms with Crippen molar-refractivity contribution in [2.45, 2.75) is 37.4 Å². The average molecular weight is 368 g/mol. The fraction of sp³-hybridized carbons (Fsp3) is 0.409. The van der Waals surface area contributed by atoms with Crippen molar-refractivity contribution in [3.63, 3.8) is 0 Å². The van der Waals surface area contributed by atoms with Crippen LogP contribution in [-0.2, 0) is 11.2 Å². The fourth-order valence-electron chi connectivity index (χ4n) is 4.37. The van der Waals surface area contributed by atoms with Crippen LogP contribution in [0.3, 0.4) is 0 Å². The Bertz CT molecular complexity index is 854. The molecule has 4 nitrogen and oxygen atoms in total. The van der Waals surface area contributed by atoms with Gasteiger partial charge in [-0.2, -0.15) is 0 Å². The molecule has 1 heterocycles. The van der Waals surface area contributed by atoms with Crippen molar-refractivity contribution in [2.75, 3.05) is 20.2 Å². The third-order valence-electron chi connectivity index (χ3n) is 5.85. The van der Waals surface area contributed by atoms with Crippen molar-refractivity contribution in [3.8, 4) is 16.9 Å². The third kappa shape index (κ3) is 3.32. The zero-order chi connectivity index (χ0) is 19.0. The number of methoxy groups -OCH3 is 1. The SMILES string of the molecule is COc1ccccc1-c1ccc2c(c1)CC[C@@H]2[C@H](N)C(=O)N1CC[C@H](F)C1. The number of hydrogen-bond acceptors (Lipinski definition) is 3. The minimum Gasteiger partial charge on any atom is -0.496 e. The number of carbonyl (C=O) groups excluding carboxylic acids is 1. The number of para-hydroxylation sites is 1. The predicted molar refractivity (Wildman–Crippen MR) is 104 cm³/mol. The van der Waals surface area contributed by atoms with Gasteiger partial charge < -0.3 is 15.4 Å². The number of benzene rings is 2. The molecule has 3 atom stereocenters. The van der Waals surface area contributed by atoms with Gasteiger partial charge in [-0.05, 0) is 42.0 Å². The van der Waals surface area contributed by atoms with E-state index in [1.165, 1.54) is 5.56 Å². The molecule has 1 aliphatic carbocycles. The van der Waals surface area contributed by atoms with Crippen LogP contribution in [0.15, 0.2) is 42.5 Å². The Hall–Kier alpha value is -2.40. The summed E-state index contributed by atoms with van der Waals surface area (Å²) < 4.78 is 18.9. The lowest BCUT2D eigenvalue weighted by Gasteiger charge is -2.25. The molecule has 4 rings (SSSR count). The van der Waals surface area contributed by atoms with Crippen molar-refractivity contribution in [1.82, 2.24) is 4.90 Å². The maximum Gasteiger partial charge on any atom is 0.240 e. The molecule has 5 heteroatoms. The quantitative estimate of drug-likeness (QED) is 0.901. The number of aryl methyl sites for hydroxylation is 1. The molecule has 2 aromatic carbocycles. The molecule has 0 radical (unpaired) electrons. The van der Waals surface area contributed by atoms with Crippen molar-refractivity contribution in [2.24, 2.45) is 5.73 Å². The topological polar surface area (TPSA) is 55.6 Å². The van der Waals surface area contributed by atoms with Gasteiger partial charge in [0.05, 0.1) is 19.7 Å². The molecule has 2 aromatic rings. The maximum absolute atomic E-state index is 13.4. The highest BCUT2D eigenvalue weighted by Crippen LogP contribution is 2.39. The van der Waals surface area contributed by atoms with Crippen LogP contribution >= 0.6 is 0 Å². The summed E-state index contributed by atoms with van der Waals surface area (Å²) in [6.07, 6.45) is 1.25. The molecule has 2 aliphatic rings. The van der Waals surface area contributed by atoms with Gasteiger partial charge in [-0.25, -0.2) is 4.39 Å². The normalized spacial score (nSPS) is 22.6. The molecule has 0 spiro atoms. The molecule has 142 valence electrons. The van der Waals surface area contributed by atoms with Crippen LogP contribution in [0.1, 0.15) is 29.9 Å². The van der Waals surface area contributed by atoms with E-state index in [1.807, 2.05) is 24.3 Å². The highest BCUT2D eigenvalue weighted by atomic mass is 19.1. The minimum atomic E-state index is -0.916. The van der Waals surface area contributed by atoms with Crippen molar-refractivity contribution >= 4 is 5.91 Å². The van der Waals surface area contributed by atoms with Gasteiger partial charge >= 0.3 is 0 Å². The van der Waals surface area contributed by atoms with Crippen LogP contribution in [0.4, 0.5) is 4.39 Å². The summed E-state index contributed by atoms with van der Waals surface area (Å²) in [5.41, 5.74) is 10.9. The highest BCUT2D eigenvalue weighted by molar-refractivity contribution is 5.83.